The Hall–Kier alpha value is -1.99. The van der Waals surface area contributed by atoms with E-state index in [1.165, 1.54) is 12.1 Å². The number of nitrogens with zero attached hydrogens (tertiary/aromatic N) is 1. The van der Waals surface area contributed by atoms with Crippen molar-refractivity contribution < 1.29 is 19.2 Å². The van der Waals surface area contributed by atoms with Crippen molar-refractivity contribution in [1.82, 2.24) is 5.32 Å². The Morgan fingerprint density at radius 2 is 1.95 bits per heavy atom. The van der Waals surface area contributed by atoms with Gasteiger partial charge in [-0.2, -0.15) is 0 Å². The van der Waals surface area contributed by atoms with E-state index in [9.17, 15) is 14.9 Å². The molecule has 0 fully saturated rings. The van der Waals surface area contributed by atoms with Gasteiger partial charge >= 0.3 is 0 Å². The van der Waals surface area contributed by atoms with Crippen molar-refractivity contribution in [2.24, 2.45) is 0 Å². The summed E-state index contributed by atoms with van der Waals surface area (Å²) in [6.07, 6.45) is 0.943. The highest BCUT2D eigenvalue weighted by Crippen LogP contribution is 2.12. The molecular weight excluding hydrogens is 276 g/mol. The summed E-state index contributed by atoms with van der Waals surface area (Å²) in [5.74, 6) is -0.110. The van der Waals surface area contributed by atoms with Gasteiger partial charge in [-0.05, 0) is 12.0 Å². The lowest BCUT2D eigenvalue weighted by molar-refractivity contribution is -0.384. The Bertz CT molecular complexity index is 447. The van der Waals surface area contributed by atoms with Crippen LogP contribution < -0.4 is 5.32 Å². The Morgan fingerprint density at radius 3 is 2.57 bits per heavy atom. The lowest BCUT2D eigenvalue weighted by Gasteiger charge is -2.06. The fraction of sp³-hybridized carbons (Fsp3) is 0.500. The monoisotopic (exact) mass is 296 g/mol. The van der Waals surface area contributed by atoms with Gasteiger partial charge in [0.05, 0.1) is 24.6 Å². The molecule has 0 aromatic heterocycles. The van der Waals surface area contributed by atoms with E-state index in [1.807, 2.05) is 0 Å². The van der Waals surface area contributed by atoms with Crippen molar-refractivity contribution in [3.8, 4) is 0 Å². The van der Waals surface area contributed by atoms with Gasteiger partial charge in [0.2, 0.25) is 5.91 Å². The van der Waals surface area contributed by atoms with Crippen LogP contribution in [-0.2, 0) is 20.7 Å². The Labute approximate surface area is 123 Å². The van der Waals surface area contributed by atoms with E-state index >= 15 is 0 Å². The zero-order valence-electron chi connectivity index (χ0n) is 12.0. The maximum absolute atomic E-state index is 11.7. The topological polar surface area (TPSA) is 90.7 Å². The molecule has 0 aliphatic heterocycles. The number of ether oxygens (including phenoxy) is 2. The molecule has 116 valence electrons. The third-order valence-electron chi connectivity index (χ3n) is 2.73. The van der Waals surface area contributed by atoms with E-state index < -0.39 is 4.92 Å². The van der Waals surface area contributed by atoms with Crippen molar-refractivity contribution >= 4 is 11.6 Å². The molecule has 1 amide bonds. The number of benzene rings is 1. The first-order valence-corrected chi connectivity index (χ1v) is 6.70. The molecule has 0 aliphatic rings. The Balaban J connectivity index is 2.17. The molecule has 1 N–H and O–H groups in total. The Kier molecular flexibility index (Phi) is 8.00. The maximum atomic E-state index is 11.7. The van der Waals surface area contributed by atoms with Crippen LogP contribution in [0.4, 0.5) is 5.69 Å². The molecule has 0 bridgehead atoms. The van der Waals surface area contributed by atoms with Crippen LogP contribution in [0.1, 0.15) is 12.0 Å². The van der Waals surface area contributed by atoms with Crippen LogP contribution in [0.2, 0.25) is 0 Å². The minimum atomic E-state index is -0.465. The number of nitro groups is 1. The molecule has 0 heterocycles. The summed E-state index contributed by atoms with van der Waals surface area (Å²) in [4.78, 5) is 21.7. The van der Waals surface area contributed by atoms with Crippen LogP contribution in [0, 0.1) is 10.1 Å². The first kappa shape index (κ1) is 17.1. The van der Waals surface area contributed by atoms with Crippen LogP contribution >= 0.6 is 0 Å². The molecule has 7 heteroatoms. The predicted molar refractivity (Wildman–Crippen MR) is 77.1 cm³/mol. The number of hydrogen-bond donors (Lipinski definition) is 1. The minimum Gasteiger partial charge on any atom is -0.382 e. The second-order valence-corrected chi connectivity index (χ2v) is 4.41. The first-order valence-electron chi connectivity index (χ1n) is 6.70. The van der Waals surface area contributed by atoms with E-state index in [-0.39, 0.29) is 18.0 Å². The van der Waals surface area contributed by atoms with E-state index in [0.717, 1.165) is 12.0 Å². The molecule has 0 saturated heterocycles. The predicted octanol–water partition coefficient (Wildman–Crippen LogP) is 1.31. The van der Waals surface area contributed by atoms with Gasteiger partial charge in [-0.15, -0.1) is 0 Å². The van der Waals surface area contributed by atoms with Crippen LogP contribution in [0.25, 0.3) is 0 Å². The number of non-ortho nitro benzene ring substituents is 1. The van der Waals surface area contributed by atoms with E-state index in [1.54, 1.807) is 19.2 Å². The molecule has 7 nitrogen and oxygen atoms in total. The van der Waals surface area contributed by atoms with Crippen molar-refractivity contribution in [3.63, 3.8) is 0 Å². The number of methoxy groups -OCH3 is 1. The number of carbonyl (C=O) groups excluding carboxylic acids is 1. The van der Waals surface area contributed by atoms with Crippen LogP contribution in [-0.4, -0.2) is 44.3 Å². The average molecular weight is 296 g/mol. The number of nitrogens with one attached hydrogen (secondary N) is 1. The van der Waals surface area contributed by atoms with Gasteiger partial charge in [-0.3, -0.25) is 14.9 Å². The van der Waals surface area contributed by atoms with Crippen LogP contribution in [0.3, 0.4) is 0 Å². The lowest BCUT2D eigenvalue weighted by atomic mass is 10.1. The van der Waals surface area contributed by atoms with Crippen LogP contribution in [0.15, 0.2) is 24.3 Å². The number of rotatable bonds is 10. The molecule has 21 heavy (non-hydrogen) atoms. The standard InChI is InChI=1S/C14H20N2O5/c1-20-9-10-21-8-2-7-15-14(17)11-12-3-5-13(6-4-12)16(18)19/h3-6H,2,7-11H2,1H3,(H,15,17). The van der Waals surface area contributed by atoms with Crippen molar-refractivity contribution in [2.75, 3.05) is 33.5 Å². The lowest BCUT2D eigenvalue weighted by Crippen LogP contribution is -2.26. The largest absolute Gasteiger partial charge is 0.382 e. The zero-order valence-corrected chi connectivity index (χ0v) is 12.0. The Morgan fingerprint density at radius 1 is 1.24 bits per heavy atom. The molecule has 0 spiro atoms. The quantitative estimate of drug-likeness (QED) is 0.399. The molecule has 1 aromatic carbocycles. The highest BCUT2D eigenvalue weighted by molar-refractivity contribution is 5.78. The second-order valence-electron chi connectivity index (χ2n) is 4.41. The van der Waals surface area contributed by atoms with Crippen molar-refractivity contribution in [1.29, 1.82) is 0 Å². The van der Waals surface area contributed by atoms with Gasteiger partial charge in [0.1, 0.15) is 0 Å². The smallest absolute Gasteiger partial charge is 0.269 e. The molecular formula is C14H20N2O5. The van der Waals surface area contributed by atoms with Gasteiger partial charge in [0.25, 0.3) is 5.69 Å². The molecule has 0 radical (unpaired) electrons. The van der Waals surface area contributed by atoms with Gasteiger partial charge in [0, 0.05) is 32.4 Å². The highest BCUT2D eigenvalue weighted by Gasteiger charge is 2.06. The van der Waals surface area contributed by atoms with E-state index in [0.29, 0.717) is 26.4 Å². The van der Waals surface area contributed by atoms with Gasteiger partial charge in [-0.1, -0.05) is 12.1 Å². The summed E-state index contributed by atoms with van der Waals surface area (Å²) in [5, 5.41) is 13.3. The molecule has 0 atom stereocenters. The summed E-state index contributed by atoms with van der Waals surface area (Å²) in [6, 6.07) is 5.97. The van der Waals surface area contributed by atoms with Crippen LogP contribution in [0.5, 0.6) is 0 Å². The average Bonchev–Trinajstić information content (AvgIpc) is 2.47. The highest BCUT2D eigenvalue weighted by atomic mass is 16.6. The van der Waals surface area contributed by atoms with E-state index in [4.69, 9.17) is 9.47 Å². The summed E-state index contributed by atoms with van der Waals surface area (Å²) in [5.41, 5.74) is 0.766. The van der Waals surface area contributed by atoms with E-state index in [2.05, 4.69) is 5.32 Å². The number of nitro benzene ring substituents is 1. The molecule has 1 aromatic rings. The summed E-state index contributed by atoms with van der Waals surface area (Å²) >= 11 is 0. The SMILES string of the molecule is COCCOCCCNC(=O)Cc1ccc([N+](=O)[O-])cc1. The number of carbonyl (C=O) groups is 1. The third kappa shape index (κ3) is 7.38. The van der Waals surface area contributed by atoms with Gasteiger partial charge in [-0.25, -0.2) is 0 Å². The fourth-order valence-electron chi connectivity index (χ4n) is 1.63. The first-order chi connectivity index (χ1) is 10.1. The summed E-state index contributed by atoms with van der Waals surface area (Å²) in [6.45, 7) is 2.22. The van der Waals surface area contributed by atoms with Crippen molar-refractivity contribution in [3.05, 3.63) is 39.9 Å². The number of amides is 1. The molecule has 1 rings (SSSR count). The summed E-state index contributed by atoms with van der Waals surface area (Å²) in [7, 11) is 1.61. The van der Waals surface area contributed by atoms with Crippen molar-refractivity contribution in [2.45, 2.75) is 12.8 Å². The maximum Gasteiger partial charge on any atom is 0.269 e. The second kappa shape index (κ2) is 9.84. The fourth-order valence-corrected chi connectivity index (χ4v) is 1.63. The van der Waals surface area contributed by atoms with Gasteiger partial charge in [0.15, 0.2) is 0 Å². The minimum absolute atomic E-state index is 0.0207. The summed E-state index contributed by atoms with van der Waals surface area (Å²) < 4.78 is 10.1. The molecule has 0 aliphatic carbocycles. The van der Waals surface area contributed by atoms with Gasteiger partial charge < -0.3 is 14.8 Å². The normalized spacial score (nSPS) is 10.3. The molecule has 0 saturated carbocycles. The third-order valence-corrected chi connectivity index (χ3v) is 2.73. The zero-order chi connectivity index (χ0) is 15.5. The molecule has 0 unspecified atom stereocenters. The number of hydrogen-bond acceptors (Lipinski definition) is 5.